The van der Waals surface area contributed by atoms with E-state index in [2.05, 4.69) is 5.32 Å². The van der Waals surface area contributed by atoms with Crippen molar-refractivity contribution >= 4 is 17.9 Å². The highest BCUT2D eigenvalue weighted by Gasteiger charge is 2.13. The Morgan fingerprint density at radius 2 is 1.86 bits per heavy atom. The fourth-order valence-electron chi connectivity index (χ4n) is 2.41. The van der Waals surface area contributed by atoms with Gasteiger partial charge in [-0.15, -0.1) is 0 Å². The van der Waals surface area contributed by atoms with Crippen molar-refractivity contribution < 1.29 is 18.7 Å². The summed E-state index contributed by atoms with van der Waals surface area (Å²) in [6, 6.07) is 11.7. The Kier molecular flexibility index (Phi) is 7.32. The van der Waals surface area contributed by atoms with E-state index in [1.54, 1.807) is 30.1 Å². The van der Waals surface area contributed by atoms with Gasteiger partial charge in [-0.3, -0.25) is 9.59 Å². The first-order chi connectivity index (χ1) is 13.3. The SMILES string of the molecule is COc1ccc(/C=C/C(=O)NCc2ccc(C(=O)N(C)C(C)C)cc2)cc1F. The van der Waals surface area contributed by atoms with Gasteiger partial charge in [0.05, 0.1) is 7.11 Å². The maximum Gasteiger partial charge on any atom is 0.253 e. The van der Waals surface area contributed by atoms with Gasteiger partial charge in [-0.05, 0) is 55.3 Å². The predicted octanol–water partition coefficient (Wildman–Crippen LogP) is 3.64. The van der Waals surface area contributed by atoms with Crippen molar-refractivity contribution in [3.8, 4) is 5.75 Å². The Balaban J connectivity index is 1.90. The van der Waals surface area contributed by atoms with Gasteiger partial charge in [0.15, 0.2) is 11.6 Å². The van der Waals surface area contributed by atoms with Crippen LogP contribution in [0.3, 0.4) is 0 Å². The van der Waals surface area contributed by atoms with Crippen LogP contribution >= 0.6 is 0 Å². The standard InChI is InChI=1S/C22H25FN2O3/c1-15(2)25(3)22(27)18-9-5-17(6-10-18)14-24-21(26)12-8-16-7-11-20(28-4)19(23)13-16/h5-13,15H,14H2,1-4H3,(H,24,26)/b12-8+. The minimum absolute atomic E-state index is 0.0414. The van der Waals surface area contributed by atoms with Crippen LogP contribution in [0.5, 0.6) is 5.75 Å². The lowest BCUT2D eigenvalue weighted by atomic mass is 10.1. The third-order valence-electron chi connectivity index (χ3n) is 4.37. The summed E-state index contributed by atoms with van der Waals surface area (Å²) in [7, 11) is 3.16. The van der Waals surface area contributed by atoms with Gasteiger partial charge in [0.2, 0.25) is 5.91 Å². The van der Waals surface area contributed by atoms with E-state index >= 15 is 0 Å². The summed E-state index contributed by atoms with van der Waals surface area (Å²) in [5.74, 6) is -0.665. The zero-order valence-electron chi connectivity index (χ0n) is 16.5. The smallest absolute Gasteiger partial charge is 0.253 e. The van der Waals surface area contributed by atoms with Crippen molar-refractivity contribution in [1.82, 2.24) is 10.2 Å². The van der Waals surface area contributed by atoms with Gasteiger partial charge < -0.3 is 15.0 Å². The van der Waals surface area contributed by atoms with Crippen molar-refractivity contribution in [2.24, 2.45) is 0 Å². The largest absolute Gasteiger partial charge is 0.494 e. The molecule has 2 aromatic rings. The predicted molar refractivity (Wildman–Crippen MR) is 108 cm³/mol. The van der Waals surface area contributed by atoms with E-state index in [9.17, 15) is 14.0 Å². The molecule has 0 aliphatic carbocycles. The third-order valence-corrected chi connectivity index (χ3v) is 4.37. The topological polar surface area (TPSA) is 58.6 Å². The van der Waals surface area contributed by atoms with Gasteiger partial charge in [0.1, 0.15) is 0 Å². The van der Waals surface area contributed by atoms with Crippen LogP contribution in [0, 0.1) is 5.82 Å². The van der Waals surface area contributed by atoms with Gasteiger partial charge in [0.25, 0.3) is 5.91 Å². The molecule has 0 saturated heterocycles. The quantitative estimate of drug-likeness (QED) is 0.742. The summed E-state index contributed by atoms with van der Waals surface area (Å²) in [4.78, 5) is 25.9. The Morgan fingerprint density at radius 1 is 1.18 bits per heavy atom. The first-order valence-electron chi connectivity index (χ1n) is 8.97. The van der Waals surface area contributed by atoms with E-state index in [0.29, 0.717) is 17.7 Å². The summed E-state index contributed by atoms with van der Waals surface area (Å²) < 4.78 is 18.5. The molecule has 0 radical (unpaired) electrons. The van der Waals surface area contributed by atoms with Gasteiger partial charge in [-0.1, -0.05) is 18.2 Å². The lowest BCUT2D eigenvalue weighted by molar-refractivity contribution is -0.116. The number of rotatable bonds is 7. The minimum Gasteiger partial charge on any atom is -0.494 e. The lowest BCUT2D eigenvalue weighted by Gasteiger charge is -2.21. The van der Waals surface area contributed by atoms with Crippen LogP contribution in [0.15, 0.2) is 48.5 Å². The average Bonchev–Trinajstić information content (AvgIpc) is 2.70. The molecule has 0 bridgehead atoms. The van der Waals surface area contributed by atoms with E-state index < -0.39 is 5.82 Å². The normalized spacial score (nSPS) is 10.9. The Hall–Kier alpha value is -3.15. The summed E-state index contributed by atoms with van der Waals surface area (Å²) >= 11 is 0. The van der Waals surface area contributed by atoms with Crippen molar-refractivity contribution in [3.05, 3.63) is 71.0 Å². The highest BCUT2D eigenvalue weighted by atomic mass is 19.1. The number of benzene rings is 2. The lowest BCUT2D eigenvalue weighted by Crippen LogP contribution is -2.32. The van der Waals surface area contributed by atoms with E-state index in [4.69, 9.17) is 4.74 Å². The molecule has 28 heavy (non-hydrogen) atoms. The number of methoxy groups -OCH3 is 1. The molecule has 6 heteroatoms. The number of ether oxygens (including phenoxy) is 1. The minimum atomic E-state index is -0.484. The molecule has 148 valence electrons. The molecule has 5 nitrogen and oxygen atoms in total. The second-order valence-electron chi connectivity index (χ2n) is 6.65. The first kappa shape index (κ1) is 21.2. The molecule has 0 aliphatic heterocycles. The third kappa shape index (κ3) is 5.67. The van der Waals surface area contributed by atoms with Crippen LogP contribution in [0.25, 0.3) is 6.08 Å². The number of nitrogens with zero attached hydrogens (tertiary/aromatic N) is 1. The molecule has 0 atom stereocenters. The highest BCUT2D eigenvalue weighted by Crippen LogP contribution is 2.18. The van der Waals surface area contributed by atoms with Crippen LogP contribution in [0.2, 0.25) is 0 Å². The summed E-state index contributed by atoms with van der Waals surface area (Å²) in [5.41, 5.74) is 2.04. The second kappa shape index (κ2) is 9.69. The van der Waals surface area contributed by atoms with Crippen LogP contribution < -0.4 is 10.1 Å². The summed E-state index contributed by atoms with van der Waals surface area (Å²) in [5, 5.41) is 2.76. The van der Waals surface area contributed by atoms with Crippen LogP contribution in [0.4, 0.5) is 4.39 Å². The van der Waals surface area contributed by atoms with Crippen molar-refractivity contribution in [3.63, 3.8) is 0 Å². The molecule has 0 spiro atoms. The maximum atomic E-state index is 13.6. The highest BCUT2D eigenvalue weighted by molar-refractivity contribution is 5.94. The maximum absolute atomic E-state index is 13.6. The number of carbonyl (C=O) groups is 2. The van der Waals surface area contributed by atoms with E-state index in [1.165, 1.54) is 31.4 Å². The number of carbonyl (C=O) groups excluding carboxylic acids is 2. The monoisotopic (exact) mass is 384 g/mol. The summed E-state index contributed by atoms with van der Waals surface area (Å²) in [6.45, 7) is 4.24. The Bertz CT molecular complexity index is 861. The molecular formula is C22H25FN2O3. The van der Waals surface area contributed by atoms with Crippen molar-refractivity contribution in [2.45, 2.75) is 26.4 Å². The van der Waals surface area contributed by atoms with Crippen LogP contribution in [-0.4, -0.2) is 36.9 Å². The fourth-order valence-corrected chi connectivity index (χ4v) is 2.41. The number of hydrogen-bond acceptors (Lipinski definition) is 3. The van der Waals surface area contributed by atoms with Crippen LogP contribution in [0.1, 0.15) is 35.3 Å². The van der Waals surface area contributed by atoms with Crippen molar-refractivity contribution in [2.75, 3.05) is 14.2 Å². The van der Waals surface area contributed by atoms with Crippen LogP contribution in [-0.2, 0) is 11.3 Å². The molecule has 0 unspecified atom stereocenters. The Morgan fingerprint density at radius 3 is 2.43 bits per heavy atom. The number of nitrogens with one attached hydrogen (secondary N) is 1. The molecule has 2 amide bonds. The molecule has 0 aromatic heterocycles. The molecule has 1 N–H and O–H groups in total. The van der Waals surface area contributed by atoms with Gasteiger partial charge in [-0.25, -0.2) is 4.39 Å². The molecule has 0 heterocycles. The van der Waals surface area contributed by atoms with E-state index in [0.717, 1.165) is 5.56 Å². The number of halogens is 1. The second-order valence-corrected chi connectivity index (χ2v) is 6.65. The zero-order valence-corrected chi connectivity index (χ0v) is 16.5. The molecule has 0 saturated carbocycles. The average molecular weight is 384 g/mol. The van der Waals surface area contributed by atoms with E-state index in [-0.39, 0.29) is 23.6 Å². The van der Waals surface area contributed by atoms with Gasteiger partial charge >= 0.3 is 0 Å². The first-order valence-corrected chi connectivity index (χ1v) is 8.97. The molecule has 2 rings (SSSR count). The van der Waals surface area contributed by atoms with Crippen molar-refractivity contribution in [1.29, 1.82) is 0 Å². The summed E-state index contributed by atoms with van der Waals surface area (Å²) in [6.07, 6.45) is 2.87. The van der Waals surface area contributed by atoms with E-state index in [1.807, 2.05) is 26.0 Å². The molecule has 0 fully saturated rings. The fraction of sp³-hybridized carbons (Fsp3) is 0.273. The molecule has 0 aliphatic rings. The molecular weight excluding hydrogens is 359 g/mol. The van der Waals surface area contributed by atoms with Gasteiger partial charge in [-0.2, -0.15) is 0 Å². The number of hydrogen-bond donors (Lipinski definition) is 1. The Labute approximate surface area is 164 Å². The zero-order chi connectivity index (χ0) is 20.7. The number of amides is 2. The van der Waals surface area contributed by atoms with Gasteiger partial charge in [0, 0.05) is 31.3 Å². The molecule has 2 aromatic carbocycles.